The Hall–Kier alpha value is -3.31. The van der Waals surface area contributed by atoms with Crippen molar-refractivity contribution in [2.45, 2.75) is 38.9 Å². The van der Waals surface area contributed by atoms with Gasteiger partial charge >= 0.3 is 0 Å². The van der Waals surface area contributed by atoms with E-state index in [0.717, 1.165) is 22.4 Å². The van der Waals surface area contributed by atoms with Crippen molar-refractivity contribution in [3.8, 4) is 5.75 Å². The average Bonchev–Trinajstić information content (AvgIpc) is 2.86. The van der Waals surface area contributed by atoms with Crippen molar-refractivity contribution < 1.29 is 14.3 Å². The molecule has 33 heavy (non-hydrogen) atoms. The Morgan fingerprint density at radius 3 is 2.24 bits per heavy atom. The van der Waals surface area contributed by atoms with Crippen molar-refractivity contribution in [2.24, 2.45) is 0 Å². The van der Waals surface area contributed by atoms with E-state index in [-0.39, 0.29) is 11.8 Å². The van der Waals surface area contributed by atoms with Gasteiger partial charge in [0, 0.05) is 31.0 Å². The third-order valence-corrected chi connectivity index (χ3v) is 5.87. The molecule has 0 fully saturated rings. The molecule has 0 aliphatic heterocycles. The van der Waals surface area contributed by atoms with Gasteiger partial charge in [-0.05, 0) is 34.9 Å². The second-order valence-electron chi connectivity index (χ2n) is 7.74. The van der Waals surface area contributed by atoms with E-state index in [4.69, 9.17) is 16.3 Å². The van der Waals surface area contributed by atoms with E-state index in [0.29, 0.717) is 31.0 Å². The monoisotopic (exact) mass is 464 g/mol. The van der Waals surface area contributed by atoms with Crippen LogP contribution in [0.3, 0.4) is 0 Å². The second kappa shape index (κ2) is 12.1. The molecule has 0 spiro atoms. The fraction of sp³-hybridized carbons (Fsp3) is 0.259. The Balaban J connectivity index is 1.86. The largest absolute Gasteiger partial charge is 0.497 e. The van der Waals surface area contributed by atoms with Crippen LogP contribution in [0.4, 0.5) is 0 Å². The first-order valence-electron chi connectivity index (χ1n) is 11.0. The molecule has 0 saturated carbocycles. The summed E-state index contributed by atoms with van der Waals surface area (Å²) in [6.07, 6.45) is 0.719. The van der Waals surface area contributed by atoms with Crippen LogP contribution in [-0.4, -0.2) is 29.9 Å². The van der Waals surface area contributed by atoms with Crippen LogP contribution in [0.1, 0.15) is 30.0 Å². The number of nitrogens with zero attached hydrogens (tertiary/aromatic N) is 1. The molecule has 0 aliphatic rings. The Bertz CT molecular complexity index is 1050. The van der Waals surface area contributed by atoms with E-state index in [2.05, 4.69) is 5.32 Å². The Kier molecular flexibility index (Phi) is 8.90. The molecule has 0 heterocycles. The van der Waals surface area contributed by atoms with Crippen molar-refractivity contribution >= 4 is 23.4 Å². The first-order chi connectivity index (χ1) is 16.0. The maximum atomic E-state index is 13.4. The molecule has 6 heteroatoms. The van der Waals surface area contributed by atoms with Crippen LogP contribution in [0.5, 0.6) is 5.75 Å². The minimum absolute atomic E-state index is 0.0837. The topological polar surface area (TPSA) is 58.6 Å². The summed E-state index contributed by atoms with van der Waals surface area (Å²) in [5.74, 6) is 0.444. The molecular formula is C27H29ClN2O3. The quantitative estimate of drug-likeness (QED) is 0.458. The van der Waals surface area contributed by atoms with Crippen LogP contribution in [0, 0.1) is 0 Å². The number of nitrogens with one attached hydrogen (secondary N) is 1. The molecule has 2 amide bonds. The Morgan fingerprint density at radius 1 is 0.939 bits per heavy atom. The highest BCUT2D eigenvalue weighted by Crippen LogP contribution is 2.19. The first kappa shape index (κ1) is 24.3. The van der Waals surface area contributed by atoms with Crippen LogP contribution in [-0.2, 0) is 29.1 Å². The number of rotatable bonds is 10. The van der Waals surface area contributed by atoms with Crippen LogP contribution in [0.25, 0.3) is 0 Å². The van der Waals surface area contributed by atoms with E-state index in [1.807, 2.05) is 79.7 Å². The normalized spacial score (nSPS) is 11.5. The number of carbonyl (C=O) groups excluding carboxylic acids is 2. The molecule has 0 saturated heterocycles. The molecular weight excluding hydrogens is 436 g/mol. The highest BCUT2D eigenvalue weighted by molar-refractivity contribution is 6.31. The van der Waals surface area contributed by atoms with Crippen molar-refractivity contribution in [3.05, 3.63) is 101 Å². The van der Waals surface area contributed by atoms with Gasteiger partial charge in [0.25, 0.3) is 0 Å². The summed E-state index contributed by atoms with van der Waals surface area (Å²) in [7, 11) is 1.61. The third kappa shape index (κ3) is 6.83. The molecule has 1 N–H and O–H groups in total. The molecule has 3 rings (SSSR count). The summed E-state index contributed by atoms with van der Waals surface area (Å²) in [4.78, 5) is 28.1. The first-order valence-corrected chi connectivity index (χ1v) is 11.4. The minimum Gasteiger partial charge on any atom is -0.497 e. The summed E-state index contributed by atoms with van der Waals surface area (Å²) in [6.45, 7) is 2.43. The number of methoxy groups -OCH3 is 1. The molecule has 0 aromatic heterocycles. The fourth-order valence-corrected chi connectivity index (χ4v) is 3.83. The number of hydrogen-bond donors (Lipinski definition) is 1. The van der Waals surface area contributed by atoms with E-state index in [9.17, 15) is 9.59 Å². The molecule has 0 radical (unpaired) electrons. The van der Waals surface area contributed by atoms with Crippen LogP contribution in [0.2, 0.25) is 5.02 Å². The third-order valence-electron chi connectivity index (χ3n) is 5.50. The van der Waals surface area contributed by atoms with E-state index in [1.165, 1.54) is 0 Å². The summed E-state index contributed by atoms with van der Waals surface area (Å²) in [6, 6.07) is 24.0. The molecule has 0 unspecified atom stereocenters. The average molecular weight is 465 g/mol. The van der Waals surface area contributed by atoms with Crippen LogP contribution < -0.4 is 10.1 Å². The van der Waals surface area contributed by atoms with Crippen molar-refractivity contribution in [1.29, 1.82) is 0 Å². The van der Waals surface area contributed by atoms with Crippen molar-refractivity contribution in [1.82, 2.24) is 10.2 Å². The standard InChI is InChI=1S/C27H29ClN2O3/c1-3-26(31)30(19-21-13-15-23(33-2)16-14-21)25(17-20-9-5-4-6-10-20)27(32)29-18-22-11-7-8-12-24(22)28/h4-16,25H,3,17-19H2,1-2H3,(H,29,32)/t25-/m0/s1. The minimum atomic E-state index is -0.663. The Morgan fingerprint density at radius 2 is 1.61 bits per heavy atom. The van der Waals surface area contributed by atoms with Crippen molar-refractivity contribution in [2.75, 3.05) is 7.11 Å². The zero-order chi connectivity index (χ0) is 23.6. The molecule has 172 valence electrons. The number of amides is 2. The predicted octanol–water partition coefficient (Wildman–Crippen LogP) is 5.01. The van der Waals surface area contributed by atoms with E-state index in [1.54, 1.807) is 18.1 Å². The maximum Gasteiger partial charge on any atom is 0.243 e. The molecule has 3 aromatic rings. The van der Waals surface area contributed by atoms with Gasteiger partial charge in [-0.2, -0.15) is 0 Å². The fourth-order valence-electron chi connectivity index (χ4n) is 3.63. The van der Waals surface area contributed by atoms with E-state index < -0.39 is 6.04 Å². The highest BCUT2D eigenvalue weighted by atomic mass is 35.5. The van der Waals surface area contributed by atoms with Crippen molar-refractivity contribution in [3.63, 3.8) is 0 Å². The van der Waals surface area contributed by atoms with Gasteiger partial charge in [0.2, 0.25) is 11.8 Å². The molecule has 3 aromatic carbocycles. The SMILES string of the molecule is CCC(=O)N(Cc1ccc(OC)cc1)[C@@H](Cc1ccccc1)C(=O)NCc1ccccc1Cl. The lowest BCUT2D eigenvalue weighted by molar-refractivity contribution is -0.141. The van der Waals surface area contributed by atoms with Crippen LogP contribution in [0.15, 0.2) is 78.9 Å². The number of carbonyl (C=O) groups is 2. The zero-order valence-electron chi connectivity index (χ0n) is 19.0. The molecule has 0 bridgehead atoms. The van der Waals surface area contributed by atoms with Gasteiger partial charge < -0.3 is 15.0 Å². The van der Waals surface area contributed by atoms with Gasteiger partial charge in [0.15, 0.2) is 0 Å². The lowest BCUT2D eigenvalue weighted by Gasteiger charge is -2.31. The lowest BCUT2D eigenvalue weighted by Crippen LogP contribution is -2.50. The lowest BCUT2D eigenvalue weighted by atomic mass is 10.0. The second-order valence-corrected chi connectivity index (χ2v) is 8.15. The smallest absolute Gasteiger partial charge is 0.243 e. The molecule has 5 nitrogen and oxygen atoms in total. The summed E-state index contributed by atoms with van der Waals surface area (Å²) < 4.78 is 5.24. The summed E-state index contributed by atoms with van der Waals surface area (Å²) >= 11 is 6.26. The summed E-state index contributed by atoms with van der Waals surface area (Å²) in [5, 5.41) is 3.58. The van der Waals surface area contributed by atoms with Gasteiger partial charge in [0.05, 0.1) is 7.11 Å². The number of benzene rings is 3. The number of halogens is 1. The number of hydrogen-bond acceptors (Lipinski definition) is 3. The number of ether oxygens (including phenoxy) is 1. The zero-order valence-corrected chi connectivity index (χ0v) is 19.7. The van der Waals surface area contributed by atoms with Gasteiger partial charge in [-0.25, -0.2) is 0 Å². The Labute approximate surface area is 200 Å². The van der Waals surface area contributed by atoms with Gasteiger partial charge in [-0.15, -0.1) is 0 Å². The summed E-state index contributed by atoms with van der Waals surface area (Å²) in [5.41, 5.74) is 2.74. The maximum absolute atomic E-state index is 13.4. The van der Waals surface area contributed by atoms with Crippen LogP contribution >= 0.6 is 11.6 Å². The predicted molar refractivity (Wildman–Crippen MR) is 131 cm³/mol. The molecule has 0 aliphatic carbocycles. The van der Waals surface area contributed by atoms with Gasteiger partial charge in [-0.1, -0.05) is 79.2 Å². The molecule has 1 atom stereocenters. The van der Waals surface area contributed by atoms with E-state index >= 15 is 0 Å². The van der Waals surface area contributed by atoms with Gasteiger partial charge in [0.1, 0.15) is 11.8 Å². The highest BCUT2D eigenvalue weighted by Gasteiger charge is 2.29. The van der Waals surface area contributed by atoms with Gasteiger partial charge in [-0.3, -0.25) is 9.59 Å².